The molecule has 6 heteroatoms. The van der Waals surface area contributed by atoms with Crippen LogP contribution in [0.1, 0.15) is 55.0 Å². The molecule has 6 nitrogen and oxygen atoms in total. The van der Waals surface area contributed by atoms with Crippen LogP contribution in [-0.2, 0) is 4.79 Å². The van der Waals surface area contributed by atoms with E-state index in [9.17, 15) is 9.90 Å². The number of aliphatic hydroxyl groups is 1. The van der Waals surface area contributed by atoms with Crippen LogP contribution in [0.25, 0.3) is 0 Å². The molecular weight excluding hydrogens is 366 g/mol. The Morgan fingerprint density at radius 2 is 2.10 bits per heavy atom. The largest absolute Gasteiger partial charge is 0.467 e. The summed E-state index contributed by atoms with van der Waals surface area (Å²) in [6.07, 6.45) is 6.38. The summed E-state index contributed by atoms with van der Waals surface area (Å²) >= 11 is 0. The first kappa shape index (κ1) is 19.9. The van der Waals surface area contributed by atoms with Crippen LogP contribution in [0.2, 0.25) is 0 Å². The summed E-state index contributed by atoms with van der Waals surface area (Å²) in [5.74, 6) is 1.14. The van der Waals surface area contributed by atoms with Crippen molar-refractivity contribution in [2.45, 2.75) is 51.1 Å². The lowest BCUT2D eigenvalue weighted by atomic mass is 10.00. The van der Waals surface area contributed by atoms with Gasteiger partial charge in [-0.2, -0.15) is 5.10 Å². The van der Waals surface area contributed by atoms with Crippen LogP contribution < -0.4 is 5.32 Å². The fraction of sp³-hybridized carbons (Fsp3) is 0.478. The zero-order valence-corrected chi connectivity index (χ0v) is 16.9. The van der Waals surface area contributed by atoms with E-state index in [1.54, 1.807) is 11.3 Å². The van der Waals surface area contributed by atoms with Gasteiger partial charge in [0.25, 0.3) is 5.91 Å². The second kappa shape index (κ2) is 8.93. The number of nitrogens with zero attached hydrogens (tertiary/aromatic N) is 2. The van der Waals surface area contributed by atoms with E-state index >= 15 is 0 Å². The average molecular weight is 396 g/mol. The molecule has 1 aliphatic carbocycles. The number of benzene rings is 1. The number of nitrogens with one attached hydrogen (secondary N) is 1. The zero-order chi connectivity index (χ0) is 20.2. The molecule has 3 atom stereocenters. The minimum Gasteiger partial charge on any atom is -0.467 e. The summed E-state index contributed by atoms with van der Waals surface area (Å²) < 4.78 is 5.61. The van der Waals surface area contributed by atoms with Crippen molar-refractivity contribution in [1.82, 2.24) is 10.3 Å². The van der Waals surface area contributed by atoms with Crippen LogP contribution in [0.15, 0.2) is 52.2 Å². The van der Waals surface area contributed by atoms with Gasteiger partial charge in [0.2, 0.25) is 0 Å². The molecule has 2 aromatic rings. The lowest BCUT2D eigenvalue weighted by Gasteiger charge is -2.23. The number of aryl methyl sites for hydroxylation is 1. The molecule has 0 spiro atoms. The van der Waals surface area contributed by atoms with Crippen molar-refractivity contribution in [2.75, 3.05) is 13.2 Å². The molecule has 1 fully saturated rings. The van der Waals surface area contributed by atoms with Crippen LogP contribution in [0, 0.1) is 12.8 Å². The Morgan fingerprint density at radius 1 is 1.28 bits per heavy atom. The highest BCUT2D eigenvalue weighted by atomic mass is 16.3. The normalized spacial score (nSPS) is 24.1. The minimum atomic E-state index is -0.215. The molecule has 0 radical (unpaired) electrons. The van der Waals surface area contributed by atoms with Crippen molar-refractivity contribution in [2.24, 2.45) is 11.0 Å². The molecule has 3 unspecified atom stereocenters. The van der Waals surface area contributed by atoms with E-state index in [2.05, 4.69) is 41.6 Å². The summed E-state index contributed by atoms with van der Waals surface area (Å²) in [7, 11) is 0. The van der Waals surface area contributed by atoms with E-state index in [1.807, 2.05) is 12.1 Å². The summed E-state index contributed by atoms with van der Waals surface area (Å²) in [5, 5.41) is 18.9. The van der Waals surface area contributed by atoms with Gasteiger partial charge in [-0.1, -0.05) is 36.2 Å². The molecule has 1 aliphatic heterocycles. The van der Waals surface area contributed by atoms with Gasteiger partial charge in [-0.15, -0.1) is 0 Å². The molecule has 1 saturated carbocycles. The molecule has 2 heterocycles. The molecule has 4 rings (SSSR count). The zero-order valence-electron chi connectivity index (χ0n) is 16.9. The average Bonchev–Trinajstić information content (AvgIpc) is 3.47. The van der Waals surface area contributed by atoms with Crippen molar-refractivity contribution in [1.29, 1.82) is 0 Å². The second-order valence-electron chi connectivity index (χ2n) is 8.08. The van der Waals surface area contributed by atoms with Crippen molar-refractivity contribution in [3.8, 4) is 0 Å². The predicted molar refractivity (Wildman–Crippen MR) is 111 cm³/mol. The Balaban J connectivity index is 1.48. The maximum Gasteiger partial charge on any atom is 0.257 e. The van der Waals surface area contributed by atoms with Gasteiger partial charge in [0.15, 0.2) is 0 Å². The second-order valence-corrected chi connectivity index (χ2v) is 8.08. The first-order valence-electron chi connectivity index (χ1n) is 10.5. The van der Waals surface area contributed by atoms with Crippen molar-refractivity contribution < 1.29 is 14.3 Å². The van der Waals surface area contributed by atoms with Gasteiger partial charge in [-0.25, -0.2) is 5.01 Å². The highest BCUT2D eigenvalue weighted by Crippen LogP contribution is 2.33. The van der Waals surface area contributed by atoms with Gasteiger partial charge in [0, 0.05) is 19.1 Å². The smallest absolute Gasteiger partial charge is 0.257 e. The number of rotatable bonds is 7. The number of amides is 1. The molecule has 0 saturated heterocycles. The van der Waals surface area contributed by atoms with E-state index in [0.29, 0.717) is 12.3 Å². The Kier molecular flexibility index (Phi) is 6.11. The van der Waals surface area contributed by atoms with Crippen LogP contribution in [-0.4, -0.2) is 40.9 Å². The van der Waals surface area contributed by atoms with Crippen LogP contribution in [0.3, 0.4) is 0 Å². The molecule has 2 aliphatic rings. The third-order valence-corrected chi connectivity index (χ3v) is 6.10. The van der Waals surface area contributed by atoms with Gasteiger partial charge in [0.05, 0.1) is 18.5 Å². The van der Waals surface area contributed by atoms with E-state index in [-0.39, 0.29) is 31.1 Å². The van der Waals surface area contributed by atoms with Gasteiger partial charge < -0.3 is 14.8 Å². The fourth-order valence-corrected chi connectivity index (χ4v) is 4.48. The lowest BCUT2D eigenvalue weighted by Crippen LogP contribution is -2.41. The maximum atomic E-state index is 13.1. The summed E-state index contributed by atoms with van der Waals surface area (Å²) in [5.41, 5.74) is 3.13. The lowest BCUT2D eigenvalue weighted by molar-refractivity contribution is -0.132. The van der Waals surface area contributed by atoms with Gasteiger partial charge in [-0.3, -0.25) is 4.79 Å². The van der Waals surface area contributed by atoms with Crippen LogP contribution in [0.4, 0.5) is 0 Å². The molecule has 29 heavy (non-hydrogen) atoms. The first-order valence-corrected chi connectivity index (χ1v) is 10.5. The summed E-state index contributed by atoms with van der Waals surface area (Å²) in [6.45, 7) is 2.50. The SMILES string of the molecule is Cc1ccc(C2=NN(C(=O)CNC3CCCC3CCO)C(c3ccco3)C2)cc1. The topological polar surface area (TPSA) is 78.1 Å². The number of aliphatic hydroxyl groups excluding tert-OH is 1. The van der Waals surface area contributed by atoms with E-state index in [0.717, 1.165) is 42.7 Å². The Morgan fingerprint density at radius 3 is 2.83 bits per heavy atom. The number of carbonyl (C=O) groups excluding carboxylic acids is 1. The molecule has 2 N–H and O–H groups in total. The molecule has 1 aromatic heterocycles. The van der Waals surface area contributed by atoms with Crippen LogP contribution >= 0.6 is 0 Å². The molecule has 0 bridgehead atoms. The minimum absolute atomic E-state index is 0.0526. The Bertz CT molecular complexity index is 845. The highest BCUT2D eigenvalue weighted by molar-refractivity contribution is 6.03. The Hall–Kier alpha value is -2.44. The van der Waals surface area contributed by atoms with Crippen LogP contribution in [0.5, 0.6) is 0 Å². The van der Waals surface area contributed by atoms with Crippen molar-refractivity contribution >= 4 is 11.6 Å². The fourth-order valence-electron chi connectivity index (χ4n) is 4.48. The predicted octanol–water partition coefficient (Wildman–Crippen LogP) is 3.41. The number of hydrogen-bond donors (Lipinski definition) is 2. The summed E-state index contributed by atoms with van der Waals surface area (Å²) in [6, 6.07) is 12.1. The number of furan rings is 1. The third-order valence-electron chi connectivity index (χ3n) is 6.10. The molecular formula is C23H29N3O3. The van der Waals surface area contributed by atoms with Crippen molar-refractivity contribution in [3.63, 3.8) is 0 Å². The molecule has 1 aromatic carbocycles. The molecule has 154 valence electrons. The Labute approximate surface area is 171 Å². The first-order chi connectivity index (χ1) is 14.2. The van der Waals surface area contributed by atoms with Crippen molar-refractivity contribution in [3.05, 3.63) is 59.5 Å². The van der Waals surface area contributed by atoms with E-state index in [4.69, 9.17) is 4.42 Å². The number of hydrogen-bond acceptors (Lipinski definition) is 5. The standard InChI is InChI=1S/C23H29N3O3/c1-16-7-9-18(10-8-16)20-14-21(22-6-3-13-29-22)26(25-20)23(28)15-24-19-5-2-4-17(19)11-12-27/h3,6-10,13,17,19,21,24,27H,2,4-5,11-12,14-15H2,1H3. The monoisotopic (exact) mass is 395 g/mol. The van der Waals surface area contributed by atoms with Gasteiger partial charge >= 0.3 is 0 Å². The number of carbonyl (C=O) groups is 1. The summed E-state index contributed by atoms with van der Waals surface area (Å²) in [4.78, 5) is 13.1. The quantitative estimate of drug-likeness (QED) is 0.753. The number of hydrazone groups is 1. The maximum absolute atomic E-state index is 13.1. The molecule has 1 amide bonds. The highest BCUT2D eigenvalue weighted by Gasteiger charge is 2.35. The van der Waals surface area contributed by atoms with E-state index in [1.165, 1.54) is 5.56 Å². The van der Waals surface area contributed by atoms with Gasteiger partial charge in [0.1, 0.15) is 11.8 Å². The van der Waals surface area contributed by atoms with Gasteiger partial charge in [-0.05, 0) is 49.8 Å². The van der Waals surface area contributed by atoms with E-state index < -0.39 is 0 Å². The third kappa shape index (κ3) is 4.43.